The highest BCUT2D eigenvalue weighted by Gasteiger charge is 2.23. The van der Waals surface area contributed by atoms with Crippen LogP contribution in [0.1, 0.15) is 37.8 Å². The third kappa shape index (κ3) is 5.67. The number of pyridine rings is 2. The van der Waals surface area contributed by atoms with Crippen LogP contribution in [0.4, 0.5) is 5.82 Å². The summed E-state index contributed by atoms with van der Waals surface area (Å²) >= 11 is 0. The van der Waals surface area contributed by atoms with Gasteiger partial charge in [-0.25, -0.2) is 4.98 Å². The van der Waals surface area contributed by atoms with Crippen molar-refractivity contribution < 1.29 is 9.59 Å². The number of aryl methyl sites for hydroxylation is 1. The average Bonchev–Trinajstić information content (AvgIpc) is 3.38. The predicted octanol–water partition coefficient (Wildman–Crippen LogP) is 2.10. The summed E-state index contributed by atoms with van der Waals surface area (Å²) < 4.78 is 1.77. The highest BCUT2D eigenvalue weighted by molar-refractivity contribution is 5.85. The molecular weight excluding hydrogens is 468 g/mol. The molecule has 0 spiro atoms. The van der Waals surface area contributed by atoms with Gasteiger partial charge in [-0.3, -0.25) is 19.3 Å². The molecule has 2 amide bonds. The van der Waals surface area contributed by atoms with Gasteiger partial charge in [-0.1, -0.05) is 31.2 Å². The molecule has 1 fully saturated rings. The highest BCUT2D eigenvalue weighted by atomic mass is 16.2. The number of likely N-dealkylation sites (tertiary alicyclic amines) is 1. The number of benzene rings is 1. The van der Waals surface area contributed by atoms with E-state index in [9.17, 15) is 14.4 Å². The lowest BCUT2D eigenvalue weighted by Gasteiger charge is -2.22. The van der Waals surface area contributed by atoms with Crippen LogP contribution in [0.15, 0.2) is 41.2 Å². The zero-order valence-electron chi connectivity index (χ0n) is 21.8. The van der Waals surface area contributed by atoms with Crippen molar-refractivity contribution in [3.63, 3.8) is 0 Å². The number of carbonyl (C=O) groups excluding carboxylic acids is 2. The number of likely N-dealkylation sites (N-methyl/N-ethyl adjacent to an activating group) is 2. The molecule has 4 N–H and O–H groups in total. The number of anilines is 1. The molecule has 9 nitrogen and oxygen atoms in total. The monoisotopic (exact) mass is 504 g/mol. The molecule has 37 heavy (non-hydrogen) atoms. The fraction of sp³-hybridized carbons (Fsp3) is 0.429. The Balaban J connectivity index is 1.51. The molecular formula is C28H36N6O3. The SMILES string of the molecule is CCN1CCC[C@H]1CNC(=O)Cc1ccc(-c2ccc3c(=O)c(CC(=O)NC)c(N)n(CC)c3n2)cc1. The minimum atomic E-state index is -0.277. The quantitative estimate of drug-likeness (QED) is 0.410. The topological polar surface area (TPSA) is 122 Å². The van der Waals surface area contributed by atoms with Crippen LogP contribution in [0, 0.1) is 0 Å². The Kier molecular flexibility index (Phi) is 8.23. The largest absolute Gasteiger partial charge is 0.385 e. The second kappa shape index (κ2) is 11.6. The minimum Gasteiger partial charge on any atom is -0.385 e. The summed E-state index contributed by atoms with van der Waals surface area (Å²) in [5.41, 5.74) is 9.29. The summed E-state index contributed by atoms with van der Waals surface area (Å²) in [7, 11) is 1.53. The van der Waals surface area contributed by atoms with Crippen LogP contribution in [0.25, 0.3) is 22.3 Å². The van der Waals surface area contributed by atoms with Gasteiger partial charge in [-0.2, -0.15) is 0 Å². The van der Waals surface area contributed by atoms with Gasteiger partial charge in [0, 0.05) is 37.3 Å². The maximum Gasteiger partial charge on any atom is 0.224 e. The van der Waals surface area contributed by atoms with Crippen LogP contribution in [0.3, 0.4) is 0 Å². The van der Waals surface area contributed by atoms with E-state index in [-0.39, 0.29) is 35.0 Å². The molecule has 9 heteroatoms. The van der Waals surface area contributed by atoms with E-state index in [0.717, 1.165) is 30.6 Å². The molecule has 2 aromatic heterocycles. The van der Waals surface area contributed by atoms with Gasteiger partial charge in [0.05, 0.1) is 23.9 Å². The Labute approximate surface area is 217 Å². The summed E-state index contributed by atoms with van der Waals surface area (Å²) in [6, 6.07) is 11.7. The van der Waals surface area contributed by atoms with Crippen molar-refractivity contribution in [1.29, 1.82) is 0 Å². The Hall–Kier alpha value is -3.72. The minimum absolute atomic E-state index is 0.0227. The molecule has 1 aliphatic heterocycles. The molecule has 0 bridgehead atoms. The summed E-state index contributed by atoms with van der Waals surface area (Å²) in [6.45, 7) is 7.41. The standard InChI is InChI=1S/C28H36N6O3/c1-4-33-14-6-7-20(33)17-31-25(36)15-18-8-10-19(11-9-18)23-13-12-21-26(37)22(16-24(35)30-3)27(29)34(5-2)28(21)32-23/h8-13,20H,4-7,14-17,29H2,1-3H3,(H,30,35)(H,31,36)/t20-/m0/s1. The number of aromatic nitrogens is 2. The van der Waals surface area contributed by atoms with Crippen LogP contribution in [0.2, 0.25) is 0 Å². The predicted molar refractivity (Wildman–Crippen MR) is 146 cm³/mol. The normalized spacial score (nSPS) is 15.7. The van der Waals surface area contributed by atoms with E-state index in [0.29, 0.717) is 42.3 Å². The van der Waals surface area contributed by atoms with E-state index in [1.54, 1.807) is 16.7 Å². The zero-order chi connectivity index (χ0) is 26.5. The molecule has 1 saturated heterocycles. The summed E-state index contributed by atoms with van der Waals surface area (Å²) in [6.07, 6.45) is 2.57. The fourth-order valence-electron chi connectivity index (χ4n) is 5.10. The lowest BCUT2D eigenvalue weighted by molar-refractivity contribution is -0.121. The first-order valence-corrected chi connectivity index (χ1v) is 13.0. The van der Waals surface area contributed by atoms with Gasteiger partial charge >= 0.3 is 0 Å². The smallest absolute Gasteiger partial charge is 0.224 e. The van der Waals surface area contributed by atoms with E-state index >= 15 is 0 Å². The Bertz CT molecular complexity index is 1350. The van der Waals surface area contributed by atoms with Gasteiger partial charge in [0.2, 0.25) is 11.8 Å². The molecule has 0 unspecified atom stereocenters. The Morgan fingerprint density at radius 1 is 1.05 bits per heavy atom. The molecule has 4 rings (SSSR count). The molecule has 3 aromatic rings. The second-order valence-electron chi connectivity index (χ2n) is 9.46. The van der Waals surface area contributed by atoms with Crippen LogP contribution >= 0.6 is 0 Å². The van der Waals surface area contributed by atoms with Crippen molar-refractivity contribution in [2.75, 3.05) is 32.4 Å². The number of nitrogens with zero attached hydrogens (tertiary/aromatic N) is 3. The molecule has 0 saturated carbocycles. The maximum absolute atomic E-state index is 13.1. The molecule has 0 radical (unpaired) electrons. The van der Waals surface area contributed by atoms with E-state index in [1.165, 1.54) is 13.5 Å². The second-order valence-corrected chi connectivity index (χ2v) is 9.46. The number of hydrogen-bond acceptors (Lipinski definition) is 6. The van der Waals surface area contributed by atoms with Gasteiger partial charge in [0.25, 0.3) is 0 Å². The first kappa shape index (κ1) is 26.3. The van der Waals surface area contributed by atoms with Gasteiger partial charge in [0.1, 0.15) is 11.5 Å². The number of carbonyl (C=O) groups is 2. The summed E-state index contributed by atoms with van der Waals surface area (Å²) in [4.78, 5) is 44.7. The first-order valence-electron chi connectivity index (χ1n) is 13.0. The first-order chi connectivity index (χ1) is 17.9. The maximum atomic E-state index is 13.1. The fourth-order valence-corrected chi connectivity index (χ4v) is 5.10. The van der Waals surface area contributed by atoms with Crippen LogP contribution in [-0.4, -0.2) is 59.0 Å². The Morgan fingerprint density at radius 3 is 2.49 bits per heavy atom. The van der Waals surface area contributed by atoms with Crippen molar-refractivity contribution in [2.24, 2.45) is 0 Å². The van der Waals surface area contributed by atoms with E-state index in [4.69, 9.17) is 10.7 Å². The highest BCUT2D eigenvalue weighted by Crippen LogP contribution is 2.23. The van der Waals surface area contributed by atoms with Gasteiger partial charge in [-0.05, 0) is 50.6 Å². The third-order valence-electron chi connectivity index (χ3n) is 7.24. The third-order valence-corrected chi connectivity index (χ3v) is 7.24. The summed E-state index contributed by atoms with van der Waals surface area (Å²) in [5.74, 6) is 0.00873. The van der Waals surface area contributed by atoms with Crippen molar-refractivity contribution in [1.82, 2.24) is 25.1 Å². The van der Waals surface area contributed by atoms with Crippen LogP contribution in [0.5, 0.6) is 0 Å². The Morgan fingerprint density at radius 2 is 1.81 bits per heavy atom. The molecule has 1 atom stereocenters. The molecule has 196 valence electrons. The number of nitrogens with two attached hydrogens (primary N) is 1. The van der Waals surface area contributed by atoms with Gasteiger partial charge in [0.15, 0.2) is 5.43 Å². The number of amides is 2. The summed E-state index contributed by atoms with van der Waals surface area (Å²) in [5, 5.41) is 6.05. The molecule has 3 heterocycles. The average molecular weight is 505 g/mol. The molecule has 0 aliphatic carbocycles. The number of rotatable bonds is 9. The van der Waals surface area contributed by atoms with E-state index in [1.807, 2.05) is 31.2 Å². The lowest BCUT2D eigenvalue weighted by atomic mass is 10.0. The van der Waals surface area contributed by atoms with Crippen molar-refractivity contribution in [2.45, 2.75) is 52.1 Å². The van der Waals surface area contributed by atoms with E-state index in [2.05, 4.69) is 22.5 Å². The van der Waals surface area contributed by atoms with Gasteiger partial charge in [-0.15, -0.1) is 0 Å². The van der Waals surface area contributed by atoms with E-state index < -0.39 is 0 Å². The van der Waals surface area contributed by atoms with Crippen LogP contribution < -0.4 is 21.8 Å². The van der Waals surface area contributed by atoms with Crippen molar-refractivity contribution in [3.8, 4) is 11.3 Å². The van der Waals surface area contributed by atoms with Crippen molar-refractivity contribution >= 4 is 28.7 Å². The number of fused-ring (bicyclic) bond motifs is 1. The number of nitrogens with one attached hydrogen (secondary N) is 2. The van der Waals surface area contributed by atoms with Crippen molar-refractivity contribution in [3.05, 3.63) is 57.7 Å². The zero-order valence-corrected chi connectivity index (χ0v) is 21.8. The molecule has 1 aromatic carbocycles. The van der Waals surface area contributed by atoms with Gasteiger partial charge < -0.3 is 20.9 Å². The number of nitrogen functional groups attached to an aromatic ring is 1. The van der Waals surface area contributed by atoms with Crippen LogP contribution in [-0.2, 0) is 29.0 Å². The number of hydrogen-bond donors (Lipinski definition) is 3. The lowest BCUT2D eigenvalue weighted by Crippen LogP contribution is -2.40. The molecule has 1 aliphatic rings.